The number of hydrogen-bond donors (Lipinski definition) is 2. The summed E-state index contributed by atoms with van der Waals surface area (Å²) in [6, 6.07) is 6.32. The molecule has 0 saturated heterocycles. The maximum Gasteiger partial charge on any atom is 0.244 e. The second-order valence-corrected chi connectivity index (χ2v) is 4.29. The number of carbonyl (C=O) groups is 1. The zero-order valence-corrected chi connectivity index (χ0v) is 11.0. The van der Waals surface area contributed by atoms with Gasteiger partial charge in [-0.2, -0.15) is 0 Å². The number of benzene rings is 1. The van der Waals surface area contributed by atoms with Crippen LogP contribution in [0, 0.1) is 5.82 Å². The van der Waals surface area contributed by atoms with Gasteiger partial charge >= 0.3 is 0 Å². The van der Waals surface area contributed by atoms with Gasteiger partial charge < -0.3 is 10.3 Å². The van der Waals surface area contributed by atoms with Crippen LogP contribution < -0.4 is 5.32 Å². The van der Waals surface area contributed by atoms with Crippen LogP contribution in [-0.2, 0) is 11.2 Å². The highest BCUT2D eigenvalue weighted by Crippen LogP contribution is 2.07. The first kappa shape index (κ1) is 14.0. The van der Waals surface area contributed by atoms with Crippen molar-refractivity contribution in [1.29, 1.82) is 0 Å². The summed E-state index contributed by atoms with van der Waals surface area (Å²) in [5.74, 6) is 0.336. The summed E-state index contributed by atoms with van der Waals surface area (Å²) in [5, 5.41) is 2.74. The van der Waals surface area contributed by atoms with E-state index in [-0.39, 0.29) is 11.7 Å². The van der Waals surface area contributed by atoms with Gasteiger partial charge in [0.2, 0.25) is 5.91 Å². The number of amides is 1. The molecule has 0 atom stereocenters. The van der Waals surface area contributed by atoms with Gasteiger partial charge in [0.1, 0.15) is 11.6 Å². The standard InChI is InChI=1S/C15H16FN3O/c16-13-5-2-1-4-12(13)7-8-15(20)19-9-3-6-14-17-10-11-18-14/h1-2,4-5,7-8,10-11H,3,6,9H2,(H,17,18)(H,19,20)/b8-7+. The molecule has 0 unspecified atom stereocenters. The number of carbonyl (C=O) groups excluding carboxylic acids is 1. The normalized spacial score (nSPS) is 10.8. The Hall–Kier alpha value is -2.43. The molecule has 0 saturated carbocycles. The number of halogens is 1. The van der Waals surface area contributed by atoms with Gasteiger partial charge in [0.05, 0.1) is 0 Å². The molecule has 4 nitrogen and oxygen atoms in total. The number of aryl methyl sites for hydroxylation is 1. The van der Waals surface area contributed by atoms with Crippen molar-refractivity contribution in [2.75, 3.05) is 6.54 Å². The van der Waals surface area contributed by atoms with Crippen molar-refractivity contribution in [3.05, 3.63) is 59.9 Å². The van der Waals surface area contributed by atoms with Crippen molar-refractivity contribution < 1.29 is 9.18 Å². The maximum atomic E-state index is 13.3. The smallest absolute Gasteiger partial charge is 0.244 e. The summed E-state index contributed by atoms with van der Waals surface area (Å²) >= 11 is 0. The molecule has 1 amide bonds. The number of aromatic nitrogens is 2. The van der Waals surface area contributed by atoms with E-state index in [0.29, 0.717) is 12.1 Å². The van der Waals surface area contributed by atoms with E-state index in [1.54, 1.807) is 30.6 Å². The molecular weight excluding hydrogens is 257 g/mol. The summed E-state index contributed by atoms with van der Waals surface area (Å²) in [7, 11) is 0. The highest BCUT2D eigenvalue weighted by atomic mass is 19.1. The zero-order valence-electron chi connectivity index (χ0n) is 11.0. The summed E-state index contributed by atoms with van der Waals surface area (Å²) in [5.41, 5.74) is 0.401. The molecule has 104 valence electrons. The van der Waals surface area contributed by atoms with Crippen LogP contribution in [0.4, 0.5) is 4.39 Å². The lowest BCUT2D eigenvalue weighted by molar-refractivity contribution is -0.116. The molecular formula is C15H16FN3O. The van der Waals surface area contributed by atoms with Gasteiger partial charge in [-0.25, -0.2) is 9.37 Å². The van der Waals surface area contributed by atoms with Crippen molar-refractivity contribution in [1.82, 2.24) is 15.3 Å². The Labute approximate surface area is 116 Å². The number of H-pyrrole nitrogens is 1. The maximum absolute atomic E-state index is 13.3. The van der Waals surface area contributed by atoms with Crippen molar-refractivity contribution in [3.8, 4) is 0 Å². The Morgan fingerprint density at radius 3 is 3.00 bits per heavy atom. The number of hydrogen-bond acceptors (Lipinski definition) is 2. The van der Waals surface area contributed by atoms with E-state index in [9.17, 15) is 9.18 Å². The summed E-state index contributed by atoms with van der Waals surface area (Å²) in [6.45, 7) is 0.557. The van der Waals surface area contributed by atoms with Crippen LogP contribution in [0.25, 0.3) is 6.08 Å². The van der Waals surface area contributed by atoms with Crippen LogP contribution in [-0.4, -0.2) is 22.4 Å². The quantitative estimate of drug-likeness (QED) is 0.627. The fourth-order valence-electron chi connectivity index (χ4n) is 1.74. The van der Waals surface area contributed by atoms with Gasteiger partial charge in [0.25, 0.3) is 0 Å². The lowest BCUT2D eigenvalue weighted by Gasteiger charge is -2.01. The lowest BCUT2D eigenvalue weighted by Crippen LogP contribution is -2.22. The third-order valence-electron chi connectivity index (χ3n) is 2.76. The van der Waals surface area contributed by atoms with Crippen LogP contribution in [0.5, 0.6) is 0 Å². The number of imidazole rings is 1. The van der Waals surface area contributed by atoms with Crippen molar-refractivity contribution >= 4 is 12.0 Å². The monoisotopic (exact) mass is 273 g/mol. The fourth-order valence-corrected chi connectivity index (χ4v) is 1.74. The molecule has 0 aliphatic carbocycles. The fraction of sp³-hybridized carbons (Fsp3) is 0.200. The predicted octanol–water partition coefficient (Wildman–Crippen LogP) is 2.31. The third-order valence-corrected chi connectivity index (χ3v) is 2.76. The molecule has 1 aromatic heterocycles. The minimum absolute atomic E-state index is 0.229. The van der Waals surface area contributed by atoms with Gasteiger partial charge in [-0.15, -0.1) is 0 Å². The van der Waals surface area contributed by atoms with E-state index in [1.165, 1.54) is 18.2 Å². The van der Waals surface area contributed by atoms with Crippen molar-refractivity contribution in [2.24, 2.45) is 0 Å². The largest absolute Gasteiger partial charge is 0.353 e. The molecule has 0 spiro atoms. The number of nitrogens with one attached hydrogen (secondary N) is 2. The van der Waals surface area contributed by atoms with E-state index in [1.807, 2.05) is 0 Å². The van der Waals surface area contributed by atoms with E-state index in [0.717, 1.165) is 18.7 Å². The average Bonchev–Trinajstić information content (AvgIpc) is 2.96. The molecule has 0 aliphatic rings. The zero-order chi connectivity index (χ0) is 14.2. The van der Waals surface area contributed by atoms with Crippen LogP contribution in [0.3, 0.4) is 0 Å². The second-order valence-electron chi connectivity index (χ2n) is 4.29. The molecule has 20 heavy (non-hydrogen) atoms. The molecule has 2 N–H and O–H groups in total. The van der Waals surface area contributed by atoms with Gasteiger partial charge in [0, 0.05) is 37.0 Å². The van der Waals surface area contributed by atoms with Crippen LogP contribution in [0.15, 0.2) is 42.7 Å². The highest BCUT2D eigenvalue weighted by molar-refractivity contribution is 5.91. The Balaban J connectivity index is 1.71. The summed E-state index contributed by atoms with van der Waals surface area (Å²) < 4.78 is 13.3. The topological polar surface area (TPSA) is 57.8 Å². The molecule has 1 aromatic carbocycles. The Kier molecular flexibility index (Phi) is 5.06. The van der Waals surface area contributed by atoms with Gasteiger partial charge in [-0.1, -0.05) is 18.2 Å². The van der Waals surface area contributed by atoms with Crippen LogP contribution >= 0.6 is 0 Å². The van der Waals surface area contributed by atoms with Crippen LogP contribution in [0.1, 0.15) is 17.8 Å². The van der Waals surface area contributed by atoms with E-state index in [4.69, 9.17) is 0 Å². The Morgan fingerprint density at radius 2 is 2.25 bits per heavy atom. The van der Waals surface area contributed by atoms with Gasteiger partial charge in [-0.3, -0.25) is 4.79 Å². The first-order chi connectivity index (χ1) is 9.75. The molecule has 0 aliphatic heterocycles. The summed E-state index contributed by atoms with van der Waals surface area (Å²) in [4.78, 5) is 18.6. The predicted molar refractivity (Wildman–Crippen MR) is 75.4 cm³/mol. The van der Waals surface area contributed by atoms with E-state index in [2.05, 4.69) is 15.3 Å². The van der Waals surface area contributed by atoms with Crippen molar-refractivity contribution in [2.45, 2.75) is 12.8 Å². The molecule has 5 heteroatoms. The Bertz CT molecular complexity index is 579. The molecule has 0 radical (unpaired) electrons. The number of rotatable bonds is 6. The average molecular weight is 273 g/mol. The SMILES string of the molecule is O=C(/C=C/c1ccccc1F)NCCCc1ncc[nH]1. The number of nitrogens with zero attached hydrogens (tertiary/aromatic N) is 1. The first-order valence-electron chi connectivity index (χ1n) is 6.44. The Morgan fingerprint density at radius 1 is 1.40 bits per heavy atom. The molecule has 1 heterocycles. The first-order valence-corrected chi connectivity index (χ1v) is 6.44. The van der Waals surface area contributed by atoms with Gasteiger partial charge in [-0.05, 0) is 18.6 Å². The molecule has 0 fully saturated rings. The third kappa shape index (κ3) is 4.35. The lowest BCUT2D eigenvalue weighted by atomic mass is 10.2. The number of aromatic amines is 1. The van der Waals surface area contributed by atoms with Crippen LogP contribution in [0.2, 0.25) is 0 Å². The molecule has 2 rings (SSSR count). The second kappa shape index (κ2) is 7.23. The summed E-state index contributed by atoms with van der Waals surface area (Å²) in [6.07, 6.45) is 7.86. The minimum atomic E-state index is -0.339. The molecule has 0 bridgehead atoms. The van der Waals surface area contributed by atoms with E-state index >= 15 is 0 Å². The van der Waals surface area contributed by atoms with E-state index < -0.39 is 0 Å². The molecule has 2 aromatic rings. The van der Waals surface area contributed by atoms with Crippen molar-refractivity contribution in [3.63, 3.8) is 0 Å². The van der Waals surface area contributed by atoms with Gasteiger partial charge in [0.15, 0.2) is 0 Å². The minimum Gasteiger partial charge on any atom is -0.353 e. The highest BCUT2D eigenvalue weighted by Gasteiger charge is 1.99.